The lowest BCUT2D eigenvalue weighted by Crippen LogP contribution is -2.18. The Kier molecular flexibility index (Phi) is 10.5. The molecule has 0 aromatic heterocycles. The largest absolute Gasteiger partial charge is 0.421 e. The van der Waals surface area contributed by atoms with Gasteiger partial charge in [0.1, 0.15) is 0 Å². The summed E-state index contributed by atoms with van der Waals surface area (Å²) in [5.41, 5.74) is 4.13. The number of nitro benzene ring substituents is 1. The van der Waals surface area contributed by atoms with E-state index in [1.54, 1.807) is 60.7 Å². The van der Waals surface area contributed by atoms with Crippen molar-refractivity contribution in [2.75, 3.05) is 5.32 Å². The smallest absolute Gasteiger partial charge is 0.336 e. The molecule has 2 N–H and O–H groups in total. The Morgan fingerprint density at radius 3 is 2.40 bits per heavy atom. The quantitative estimate of drug-likeness (QED) is 0.0460. The molecule has 0 saturated heterocycles. The van der Waals surface area contributed by atoms with Crippen molar-refractivity contribution in [3.05, 3.63) is 137 Å². The Morgan fingerprint density at radius 2 is 1.65 bits per heavy atom. The van der Waals surface area contributed by atoms with Crippen molar-refractivity contribution in [2.45, 2.75) is 0 Å². The molecule has 0 spiro atoms. The van der Waals surface area contributed by atoms with Crippen LogP contribution >= 0.6 is 43.5 Å². The fourth-order valence-corrected chi connectivity index (χ4v) is 5.06. The van der Waals surface area contributed by atoms with E-state index < -0.39 is 16.8 Å². The van der Waals surface area contributed by atoms with Crippen LogP contribution in [-0.2, 0) is 4.79 Å². The Balaban J connectivity index is 1.43. The topological polar surface area (TPSA) is 140 Å². The van der Waals surface area contributed by atoms with Crippen LogP contribution in [0.3, 0.4) is 0 Å². The van der Waals surface area contributed by atoms with Gasteiger partial charge >= 0.3 is 5.97 Å². The highest BCUT2D eigenvalue weighted by Gasteiger charge is 2.14. The maximum absolute atomic E-state index is 12.8. The number of anilines is 1. The van der Waals surface area contributed by atoms with E-state index in [0.717, 1.165) is 6.08 Å². The molecule has 4 aromatic rings. The number of ether oxygens (including phenoxy) is 1. The minimum absolute atomic E-state index is 0.110. The SMILES string of the molecule is O=C(/C=C/c1cccc([N+](=O)[O-])c1)Oc1c(Br)cc(Br)cc1C=NNC(=O)c1cccc(NC(=O)c2ccc(Cl)cc2)c1. The number of esters is 1. The summed E-state index contributed by atoms with van der Waals surface area (Å²) in [7, 11) is 0. The minimum atomic E-state index is -0.745. The first-order valence-electron chi connectivity index (χ1n) is 12.2. The van der Waals surface area contributed by atoms with Crippen LogP contribution in [0.2, 0.25) is 5.02 Å². The number of hydrogen-bond donors (Lipinski definition) is 2. The molecular formula is C30H19Br2ClN4O6. The van der Waals surface area contributed by atoms with Gasteiger partial charge in [0.25, 0.3) is 17.5 Å². The van der Waals surface area contributed by atoms with E-state index in [-0.39, 0.29) is 22.9 Å². The number of non-ortho nitro benzene ring substituents is 1. The summed E-state index contributed by atoms with van der Waals surface area (Å²) >= 11 is 12.6. The summed E-state index contributed by atoms with van der Waals surface area (Å²) in [6.45, 7) is 0. The molecule has 10 nitrogen and oxygen atoms in total. The predicted molar refractivity (Wildman–Crippen MR) is 171 cm³/mol. The van der Waals surface area contributed by atoms with Crippen molar-refractivity contribution in [1.82, 2.24) is 5.43 Å². The average molecular weight is 727 g/mol. The first kappa shape index (κ1) is 31.3. The van der Waals surface area contributed by atoms with Crippen LogP contribution < -0.4 is 15.5 Å². The van der Waals surface area contributed by atoms with Gasteiger partial charge < -0.3 is 10.1 Å². The molecule has 0 atom stereocenters. The molecule has 0 saturated carbocycles. The monoisotopic (exact) mass is 724 g/mol. The van der Waals surface area contributed by atoms with Gasteiger partial charge in [-0.3, -0.25) is 19.7 Å². The second-order valence-electron chi connectivity index (χ2n) is 8.65. The normalized spacial score (nSPS) is 11.0. The molecule has 4 aromatic carbocycles. The van der Waals surface area contributed by atoms with Gasteiger partial charge in [-0.1, -0.05) is 45.7 Å². The third-order valence-corrected chi connectivity index (χ3v) is 6.89. The second-order valence-corrected chi connectivity index (χ2v) is 10.9. The molecule has 0 unspecified atom stereocenters. The highest BCUT2D eigenvalue weighted by atomic mass is 79.9. The van der Waals surface area contributed by atoms with E-state index in [1.807, 2.05) is 0 Å². The van der Waals surface area contributed by atoms with E-state index >= 15 is 0 Å². The predicted octanol–water partition coefficient (Wildman–Crippen LogP) is 7.41. The molecule has 0 fully saturated rings. The van der Waals surface area contributed by atoms with E-state index in [1.165, 1.54) is 36.6 Å². The van der Waals surface area contributed by atoms with Gasteiger partial charge in [-0.15, -0.1) is 0 Å². The van der Waals surface area contributed by atoms with E-state index in [9.17, 15) is 24.5 Å². The number of benzene rings is 4. The van der Waals surface area contributed by atoms with Crippen LogP contribution in [0.4, 0.5) is 11.4 Å². The van der Waals surface area contributed by atoms with Gasteiger partial charge in [-0.2, -0.15) is 5.10 Å². The van der Waals surface area contributed by atoms with Crippen LogP contribution in [0.1, 0.15) is 31.8 Å². The lowest BCUT2D eigenvalue weighted by molar-refractivity contribution is -0.384. The van der Waals surface area contributed by atoms with Crippen molar-refractivity contribution in [3.63, 3.8) is 0 Å². The Morgan fingerprint density at radius 1 is 0.907 bits per heavy atom. The zero-order valence-corrected chi connectivity index (χ0v) is 25.7. The Bertz CT molecular complexity index is 1780. The van der Waals surface area contributed by atoms with E-state index in [2.05, 4.69) is 47.7 Å². The first-order chi connectivity index (χ1) is 20.6. The number of nitrogens with one attached hydrogen (secondary N) is 2. The number of amides is 2. The number of rotatable bonds is 9. The molecular weight excluding hydrogens is 708 g/mol. The van der Waals surface area contributed by atoms with Crippen molar-refractivity contribution in [3.8, 4) is 5.75 Å². The van der Waals surface area contributed by atoms with Crippen LogP contribution in [0.25, 0.3) is 6.08 Å². The number of halogens is 3. The van der Waals surface area contributed by atoms with Gasteiger partial charge in [0.15, 0.2) is 5.75 Å². The number of carbonyl (C=O) groups is 3. The Hall–Kier alpha value is -4.65. The van der Waals surface area contributed by atoms with Gasteiger partial charge in [-0.25, -0.2) is 10.2 Å². The number of hydrogen-bond acceptors (Lipinski definition) is 7. The zero-order chi connectivity index (χ0) is 30.9. The molecule has 216 valence electrons. The molecule has 4 rings (SSSR count). The zero-order valence-electron chi connectivity index (χ0n) is 21.8. The lowest BCUT2D eigenvalue weighted by Gasteiger charge is -2.09. The highest BCUT2D eigenvalue weighted by Crippen LogP contribution is 2.32. The van der Waals surface area contributed by atoms with Crippen molar-refractivity contribution in [2.24, 2.45) is 5.10 Å². The molecule has 13 heteroatoms. The summed E-state index contributed by atoms with van der Waals surface area (Å²) in [5.74, 6) is -1.53. The molecule has 0 heterocycles. The van der Waals surface area contributed by atoms with Crippen molar-refractivity contribution >= 4 is 84.9 Å². The summed E-state index contributed by atoms with van der Waals surface area (Å²) in [6, 6.07) is 21.7. The molecule has 2 amide bonds. The number of nitro groups is 1. The molecule has 0 aliphatic carbocycles. The van der Waals surface area contributed by atoms with Crippen LogP contribution in [0.15, 0.2) is 105 Å². The van der Waals surface area contributed by atoms with E-state index in [4.69, 9.17) is 16.3 Å². The minimum Gasteiger partial charge on any atom is -0.421 e. The second kappa shape index (κ2) is 14.5. The first-order valence-corrected chi connectivity index (χ1v) is 14.2. The maximum atomic E-state index is 12.8. The van der Waals surface area contributed by atoms with Crippen LogP contribution in [-0.4, -0.2) is 28.9 Å². The standard InChI is InChI=1S/C30H19Br2ClN4O6/c31-22-14-21(28(26(32)16-22)43-27(38)12-7-18-3-1-6-25(13-18)37(41)42)17-34-36-30(40)20-4-2-5-24(15-20)35-29(39)19-8-10-23(33)11-9-19/h1-17H,(H,35,39)(H,36,40)/b12-7+,34-17?. The van der Waals surface area contributed by atoms with Crippen LogP contribution in [0, 0.1) is 10.1 Å². The van der Waals surface area contributed by atoms with Gasteiger partial charge in [0.2, 0.25) is 0 Å². The summed E-state index contributed by atoms with van der Waals surface area (Å²) < 4.78 is 6.56. The number of nitrogens with zero attached hydrogens (tertiary/aromatic N) is 2. The van der Waals surface area contributed by atoms with E-state index in [0.29, 0.717) is 36.3 Å². The third kappa shape index (κ3) is 8.92. The van der Waals surface area contributed by atoms with Crippen molar-refractivity contribution < 1.29 is 24.0 Å². The van der Waals surface area contributed by atoms with Crippen molar-refractivity contribution in [1.29, 1.82) is 0 Å². The fourth-order valence-electron chi connectivity index (χ4n) is 3.59. The maximum Gasteiger partial charge on any atom is 0.336 e. The highest BCUT2D eigenvalue weighted by molar-refractivity contribution is 9.11. The number of hydrazone groups is 1. The van der Waals surface area contributed by atoms with Crippen LogP contribution in [0.5, 0.6) is 5.75 Å². The fraction of sp³-hybridized carbons (Fsp3) is 0. The van der Waals surface area contributed by atoms with Gasteiger partial charge in [-0.05, 0) is 82.2 Å². The Labute approximate surface area is 266 Å². The average Bonchev–Trinajstić information content (AvgIpc) is 2.98. The molecule has 0 bridgehead atoms. The lowest BCUT2D eigenvalue weighted by atomic mass is 10.1. The third-order valence-electron chi connectivity index (χ3n) is 5.59. The van der Waals surface area contributed by atoms with Gasteiger partial charge in [0, 0.05) is 50.1 Å². The van der Waals surface area contributed by atoms with Gasteiger partial charge in [0.05, 0.1) is 15.6 Å². The number of carbonyl (C=O) groups excluding carboxylic acids is 3. The molecule has 43 heavy (non-hydrogen) atoms. The molecule has 0 aliphatic rings. The molecule has 0 aliphatic heterocycles. The summed E-state index contributed by atoms with van der Waals surface area (Å²) in [5, 5.41) is 18.2. The molecule has 0 radical (unpaired) electrons. The summed E-state index contributed by atoms with van der Waals surface area (Å²) in [6.07, 6.45) is 3.82. The summed E-state index contributed by atoms with van der Waals surface area (Å²) in [4.78, 5) is 48.3.